The van der Waals surface area contributed by atoms with Crippen molar-refractivity contribution in [1.29, 1.82) is 0 Å². The summed E-state index contributed by atoms with van der Waals surface area (Å²) in [5, 5.41) is 0. The van der Waals surface area contributed by atoms with Gasteiger partial charge in [0, 0.05) is 13.1 Å². The van der Waals surface area contributed by atoms with E-state index in [2.05, 4.69) is 0 Å². The minimum absolute atomic E-state index is 0.130. The molecule has 0 bridgehead atoms. The Labute approximate surface area is 125 Å². The Morgan fingerprint density at radius 3 is 2.45 bits per heavy atom. The SMILES string of the molecule is CN(C(=O)COc1ccccc1S(=O)(=O)C(F)(F)F)C1CC1. The number of hydrogen-bond acceptors (Lipinski definition) is 4. The maximum absolute atomic E-state index is 12.6. The van der Waals surface area contributed by atoms with Crippen LogP contribution < -0.4 is 4.74 Å². The number of carbonyl (C=O) groups excluding carboxylic acids is 1. The molecule has 0 aromatic heterocycles. The summed E-state index contributed by atoms with van der Waals surface area (Å²) in [6, 6.07) is 4.50. The summed E-state index contributed by atoms with van der Waals surface area (Å²) in [5.41, 5.74) is -5.43. The van der Waals surface area contributed by atoms with Gasteiger partial charge in [-0.3, -0.25) is 4.79 Å². The Hall–Kier alpha value is -1.77. The average molecular weight is 337 g/mol. The lowest BCUT2D eigenvalue weighted by Crippen LogP contribution is -2.33. The van der Waals surface area contributed by atoms with Crippen molar-refractivity contribution in [3.05, 3.63) is 24.3 Å². The number of ether oxygens (including phenoxy) is 1. The standard InChI is InChI=1S/C13H14F3NO4S/c1-17(9-6-7-9)12(18)8-21-10-4-2-3-5-11(10)22(19,20)13(14,15)16/h2-5,9H,6-8H2,1H3. The normalized spacial score (nSPS) is 15.5. The van der Waals surface area contributed by atoms with Gasteiger partial charge in [-0.05, 0) is 25.0 Å². The quantitative estimate of drug-likeness (QED) is 0.824. The fourth-order valence-electron chi connectivity index (χ4n) is 1.82. The van der Waals surface area contributed by atoms with Crippen molar-refractivity contribution in [3.63, 3.8) is 0 Å². The third kappa shape index (κ3) is 3.34. The molecule has 5 nitrogen and oxygen atoms in total. The van der Waals surface area contributed by atoms with Crippen LogP contribution in [0.2, 0.25) is 0 Å². The molecule has 0 atom stereocenters. The number of amides is 1. The molecule has 0 spiro atoms. The molecule has 1 aromatic rings. The van der Waals surface area contributed by atoms with Crippen molar-refractivity contribution in [2.45, 2.75) is 29.3 Å². The molecule has 0 N–H and O–H groups in total. The van der Waals surface area contributed by atoms with Gasteiger partial charge in [0.25, 0.3) is 15.7 Å². The Kier molecular flexibility index (Phi) is 4.37. The molecule has 1 amide bonds. The highest BCUT2D eigenvalue weighted by Crippen LogP contribution is 2.35. The van der Waals surface area contributed by atoms with Gasteiger partial charge in [-0.15, -0.1) is 0 Å². The van der Waals surface area contributed by atoms with Crippen LogP contribution in [0.5, 0.6) is 5.75 Å². The summed E-state index contributed by atoms with van der Waals surface area (Å²) >= 11 is 0. The Bertz CT molecular complexity index is 668. The van der Waals surface area contributed by atoms with Crippen molar-refractivity contribution < 1.29 is 31.1 Å². The first-order chi connectivity index (χ1) is 10.1. The first-order valence-electron chi connectivity index (χ1n) is 6.43. The van der Waals surface area contributed by atoms with Crippen LogP contribution in [-0.2, 0) is 14.6 Å². The summed E-state index contributed by atoms with van der Waals surface area (Å²) in [6.07, 6.45) is 1.75. The van der Waals surface area contributed by atoms with E-state index in [1.54, 1.807) is 7.05 Å². The molecule has 1 aromatic carbocycles. The van der Waals surface area contributed by atoms with Crippen LogP contribution in [0, 0.1) is 0 Å². The minimum Gasteiger partial charge on any atom is -0.482 e. The number of rotatable bonds is 5. The zero-order chi connectivity index (χ0) is 16.5. The van der Waals surface area contributed by atoms with Crippen LogP contribution >= 0.6 is 0 Å². The molecule has 1 fully saturated rings. The molecule has 1 saturated carbocycles. The molecule has 0 radical (unpaired) electrons. The van der Waals surface area contributed by atoms with Crippen molar-refractivity contribution in [1.82, 2.24) is 4.90 Å². The monoisotopic (exact) mass is 337 g/mol. The number of sulfone groups is 1. The lowest BCUT2D eigenvalue weighted by Gasteiger charge is -2.18. The van der Waals surface area contributed by atoms with Crippen molar-refractivity contribution in [2.75, 3.05) is 13.7 Å². The molecule has 0 heterocycles. The molecule has 1 aliphatic carbocycles. The van der Waals surface area contributed by atoms with E-state index in [1.165, 1.54) is 11.0 Å². The number of hydrogen-bond donors (Lipinski definition) is 0. The van der Waals surface area contributed by atoms with E-state index in [4.69, 9.17) is 4.74 Å². The minimum atomic E-state index is -5.53. The second-order valence-electron chi connectivity index (χ2n) is 4.92. The first-order valence-corrected chi connectivity index (χ1v) is 7.92. The van der Waals surface area contributed by atoms with Gasteiger partial charge in [0.2, 0.25) is 0 Å². The second-order valence-corrected chi connectivity index (χ2v) is 6.83. The van der Waals surface area contributed by atoms with Gasteiger partial charge in [0.15, 0.2) is 6.61 Å². The smallest absolute Gasteiger partial charge is 0.482 e. The van der Waals surface area contributed by atoms with E-state index in [9.17, 15) is 26.4 Å². The second kappa shape index (κ2) is 5.79. The van der Waals surface area contributed by atoms with Crippen LogP contribution in [0.3, 0.4) is 0 Å². The number of nitrogens with zero attached hydrogens (tertiary/aromatic N) is 1. The van der Waals surface area contributed by atoms with Crippen molar-refractivity contribution in [3.8, 4) is 5.75 Å². The largest absolute Gasteiger partial charge is 0.502 e. The van der Waals surface area contributed by atoms with E-state index in [-0.39, 0.29) is 6.04 Å². The molecule has 9 heteroatoms. The summed E-state index contributed by atoms with van der Waals surface area (Å²) < 4.78 is 65.8. The van der Waals surface area contributed by atoms with Crippen molar-refractivity contribution in [2.24, 2.45) is 0 Å². The summed E-state index contributed by atoms with van der Waals surface area (Å²) in [5.74, 6) is -0.904. The van der Waals surface area contributed by atoms with Crippen LogP contribution in [-0.4, -0.2) is 44.4 Å². The van der Waals surface area contributed by atoms with Gasteiger partial charge < -0.3 is 9.64 Å². The van der Waals surface area contributed by atoms with Gasteiger partial charge >= 0.3 is 5.51 Å². The molecular formula is C13H14F3NO4S. The number of para-hydroxylation sites is 1. The molecule has 2 rings (SSSR count). The summed E-state index contributed by atoms with van der Waals surface area (Å²) in [6.45, 7) is -0.516. The molecule has 0 saturated heterocycles. The lowest BCUT2D eigenvalue weighted by molar-refractivity contribution is -0.132. The third-order valence-electron chi connectivity index (χ3n) is 3.28. The van der Waals surface area contributed by atoms with E-state index in [0.29, 0.717) is 0 Å². The molecular weight excluding hydrogens is 323 g/mol. The molecule has 1 aliphatic rings. The molecule has 0 unspecified atom stereocenters. The van der Waals surface area contributed by atoms with Gasteiger partial charge in [-0.1, -0.05) is 12.1 Å². The maximum Gasteiger partial charge on any atom is 0.502 e. The molecule has 22 heavy (non-hydrogen) atoms. The molecule has 122 valence electrons. The van der Waals surface area contributed by atoms with E-state index in [1.807, 2.05) is 0 Å². The van der Waals surface area contributed by atoms with E-state index < -0.39 is 38.5 Å². The fraction of sp³-hybridized carbons (Fsp3) is 0.462. The fourth-order valence-corrected chi connectivity index (χ4v) is 2.72. The van der Waals surface area contributed by atoms with Crippen LogP contribution in [0.4, 0.5) is 13.2 Å². The first kappa shape index (κ1) is 16.6. The number of likely N-dealkylation sites (N-methyl/N-ethyl adjacent to an activating group) is 1. The zero-order valence-corrected chi connectivity index (χ0v) is 12.4. The average Bonchev–Trinajstić information content (AvgIpc) is 3.27. The number of carbonyl (C=O) groups is 1. The maximum atomic E-state index is 12.6. The molecule has 0 aliphatic heterocycles. The Balaban J connectivity index is 2.17. The van der Waals surface area contributed by atoms with Crippen LogP contribution in [0.1, 0.15) is 12.8 Å². The predicted octanol–water partition coefficient (Wildman–Crippen LogP) is 1.98. The third-order valence-corrected chi connectivity index (χ3v) is 4.81. The number of benzene rings is 1. The lowest BCUT2D eigenvalue weighted by atomic mass is 10.3. The number of alkyl halides is 3. The predicted molar refractivity (Wildman–Crippen MR) is 71.0 cm³/mol. The van der Waals surface area contributed by atoms with Crippen LogP contribution in [0.25, 0.3) is 0 Å². The highest BCUT2D eigenvalue weighted by molar-refractivity contribution is 7.92. The topological polar surface area (TPSA) is 63.7 Å². The van der Waals surface area contributed by atoms with Gasteiger partial charge in [-0.2, -0.15) is 13.2 Å². The van der Waals surface area contributed by atoms with Gasteiger partial charge in [-0.25, -0.2) is 8.42 Å². The summed E-state index contributed by atoms with van der Waals surface area (Å²) in [7, 11) is -3.96. The van der Waals surface area contributed by atoms with Crippen LogP contribution in [0.15, 0.2) is 29.2 Å². The van der Waals surface area contributed by atoms with Gasteiger partial charge in [0.1, 0.15) is 10.6 Å². The van der Waals surface area contributed by atoms with E-state index >= 15 is 0 Å². The Morgan fingerprint density at radius 1 is 1.32 bits per heavy atom. The highest BCUT2D eigenvalue weighted by Gasteiger charge is 2.48. The zero-order valence-electron chi connectivity index (χ0n) is 11.6. The number of halogens is 3. The van der Waals surface area contributed by atoms with Crippen molar-refractivity contribution >= 4 is 15.7 Å². The Morgan fingerprint density at radius 2 is 1.91 bits per heavy atom. The van der Waals surface area contributed by atoms with E-state index in [0.717, 1.165) is 31.0 Å². The van der Waals surface area contributed by atoms with Gasteiger partial charge in [0.05, 0.1) is 0 Å². The highest BCUT2D eigenvalue weighted by atomic mass is 32.2. The summed E-state index contributed by atoms with van der Waals surface area (Å²) in [4.78, 5) is 12.2.